The van der Waals surface area contributed by atoms with Gasteiger partial charge in [-0.3, -0.25) is 9.36 Å². The third-order valence-electron chi connectivity index (χ3n) is 4.53. The Morgan fingerprint density at radius 3 is 2.96 bits per heavy atom. The van der Waals surface area contributed by atoms with E-state index in [0.29, 0.717) is 24.9 Å². The molecule has 0 bridgehead atoms. The average molecular weight is 378 g/mol. The first-order valence-corrected chi connectivity index (χ1v) is 10.2. The summed E-state index contributed by atoms with van der Waals surface area (Å²) >= 11 is 1.44. The van der Waals surface area contributed by atoms with Crippen LogP contribution >= 0.6 is 11.8 Å². The molecule has 1 amide bonds. The molecule has 1 aliphatic carbocycles. The van der Waals surface area contributed by atoms with E-state index in [9.17, 15) is 4.79 Å². The number of nitrogens with zero attached hydrogens (tertiary/aromatic N) is 3. The van der Waals surface area contributed by atoms with E-state index in [0.717, 1.165) is 36.0 Å². The number of furan rings is 1. The molecule has 26 heavy (non-hydrogen) atoms. The van der Waals surface area contributed by atoms with Crippen molar-refractivity contribution >= 4 is 17.7 Å². The van der Waals surface area contributed by atoms with E-state index in [-0.39, 0.29) is 5.91 Å². The third kappa shape index (κ3) is 4.88. The van der Waals surface area contributed by atoms with E-state index in [4.69, 9.17) is 9.15 Å². The number of rotatable bonds is 9. The van der Waals surface area contributed by atoms with Crippen LogP contribution in [-0.2, 0) is 9.53 Å². The molecule has 7 nitrogen and oxygen atoms in total. The van der Waals surface area contributed by atoms with E-state index < -0.39 is 0 Å². The Labute approximate surface area is 157 Å². The lowest BCUT2D eigenvalue weighted by atomic mass is 9.95. The van der Waals surface area contributed by atoms with Crippen LogP contribution in [0.1, 0.15) is 44.6 Å². The molecule has 142 valence electrons. The molecule has 0 aliphatic heterocycles. The summed E-state index contributed by atoms with van der Waals surface area (Å²) in [5.41, 5.74) is 0. The molecule has 1 aliphatic rings. The summed E-state index contributed by atoms with van der Waals surface area (Å²) in [4.78, 5) is 12.1. The number of amides is 1. The molecule has 0 radical (unpaired) electrons. The molecule has 0 aromatic carbocycles. The fourth-order valence-corrected chi connectivity index (χ4v) is 4.08. The number of hydrogen-bond donors (Lipinski definition) is 1. The summed E-state index contributed by atoms with van der Waals surface area (Å²) < 4.78 is 12.7. The molecule has 1 N–H and O–H groups in total. The molecular weight excluding hydrogens is 352 g/mol. The number of methoxy groups -OCH3 is 1. The molecule has 0 atom stereocenters. The van der Waals surface area contributed by atoms with Gasteiger partial charge in [-0.25, -0.2) is 0 Å². The molecule has 0 spiro atoms. The summed E-state index contributed by atoms with van der Waals surface area (Å²) in [5.74, 6) is 1.81. The van der Waals surface area contributed by atoms with Gasteiger partial charge < -0.3 is 14.5 Å². The maximum atomic E-state index is 12.1. The highest BCUT2D eigenvalue weighted by Crippen LogP contribution is 2.35. The number of hydrogen-bond acceptors (Lipinski definition) is 6. The number of ether oxygens (including phenoxy) is 1. The van der Waals surface area contributed by atoms with Gasteiger partial charge in [0, 0.05) is 26.3 Å². The van der Waals surface area contributed by atoms with Crippen LogP contribution in [0.25, 0.3) is 11.6 Å². The van der Waals surface area contributed by atoms with E-state index >= 15 is 0 Å². The Morgan fingerprint density at radius 2 is 2.23 bits per heavy atom. The lowest BCUT2D eigenvalue weighted by Gasteiger charge is -2.25. The van der Waals surface area contributed by atoms with E-state index in [2.05, 4.69) is 20.1 Å². The lowest BCUT2D eigenvalue weighted by Crippen LogP contribution is -2.27. The largest absolute Gasteiger partial charge is 0.461 e. The Balaban J connectivity index is 1.67. The quantitative estimate of drug-likeness (QED) is 0.533. The first kappa shape index (κ1) is 19.0. The van der Waals surface area contributed by atoms with Crippen LogP contribution in [0.5, 0.6) is 0 Å². The van der Waals surface area contributed by atoms with Gasteiger partial charge in [0.25, 0.3) is 0 Å². The summed E-state index contributed by atoms with van der Waals surface area (Å²) in [6.45, 7) is 1.27. The second-order valence-corrected chi connectivity index (χ2v) is 7.37. The molecule has 2 aromatic heterocycles. The predicted molar refractivity (Wildman–Crippen MR) is 100 cm³/mol. The van der Waals surface area contributed by atoms with Gasteiger partial charge >= 0.3 is 0 Å². The van der Waals surface area contributed by atoms with Crippen LogP contribution in [0.15, 0.2) is 28.0 Å². The number of carbonyl (C=O) groups excluding carboxylic acids is 1. The standard InChI is InChI=1S/C18H26N4O3S/c1-24-11-6-10-19-16(23)13-26-18-21-20-17(15-9-5-12-25-15)22(18)14-7-3-2-4-8-14/h5,9,12,14H,2-4,6-8,10-11,13H2,1H3,(H,19,23). The lowest BCUT2D eigenvalue weighted by molar-refractivity contribution is -0.118. The van der Waals surface area contributed by atoms with E-state index in [1.807, 2.05) is 12.1 Å². The molecule has 8 heteroatoms. The van der Waals surface area contributed by atoms with Gasteiger partial charge in [-0.15, -0.1) is 10.2 Å². The van der Waals surface area contributed by atoms with Crippen molar-refractivity contribution < 1.29 is 13.9 Å². The molecule has 0 saturated heterocycles. The summed E-state index contributed by atoms with van der Waals surface area (Å²) in [5, 5.41) is 12.4. The van der Waals surface area contributed by atoms with Gasteiger partial charge in [-0.1, -0.05) is 31.0 Å². The molecule has 1 fully saturated rings. The number of aromatic nitrogens is 3. The number of carbonyl (C=O) groups is 1. The monoisotopic (exact) mass is 378 g/mol. The Hall–Kier alpha value is -1.80. The van der Waals surface area contributed by atoms with Gasteiger partial charge in [0.15, 0.2) is 10.9 Å². The first-order valence-electron chi connectivity index (χ1n) is 9.17. The van der Waals surface area contributed by atoms with Crippen molar-refractivity contribution in [3.63, 3.8) is 0 Å². The van der Waals surface area contributed by atoms with Crippen LogP contribution in [0.4, 0.5) is 0 Å². The zero-order chi connectivity index (χ0) is 18.2. The zero-order valence-electron chi connectivity index (χ0n) is 15.1. The fourth-order valence-electron chi connectivity index (χ4n) is 3.24. The number of nitrogens with one attached hydrogen (secondary N) is 1. The van der Waals surface area contributed by atoms with Crippen molar-refractivity contribution in [1.82, 2.24) is 20.1 Å². The van der Waals surface area contributed by atoms with Crippen LogP contribution in [0, 0.1) is 0 Å². The third-order valence-corrected chi connectivity index (χ3v) is 5.47. The Kier molecular flexibility index (Phi) is 7.13. The highest BCUT2D eigenvalue weighted by Gasteiger charge is 2.25. The van der Waals surface area contributed by atoms with Gasteiger partial charge in [0.05, 0.1) is 12.0 Å². The van der Waals surface area contributed by atoms with Crippen molar-refractivity contribution in [3.8, 4) is 11.6 Å². The molecular formula is C18H26N4O3S. The summed E-state index contributed by atoms with van der Waals surface area (Å²) in [6, 6.07) is 4.13. The van der Waals surface area contributed by atoms with E-state index in [1.165, 1.54) is 31.0 Å². The minimum Gasteiger partial charge on any atom is -0.461 e. The van der Waals surface area contributed by atoms with Crippen LogP contribution in [0.2, 0.25) is 0 Å². The van der Waals surface area contributed by atoms with Gasteiger partial charge in [-0.05, 0) is 31.4 Å². The molecule has 2 aromatic rings. The zero-order valence-corrected chi connectivity index (χ0v) is 16.0. The van der Waals surface area contributed by atoms with Gasteiger partial charge in [-0.2, -0.15) is 0 Å². The topological polar surface area (TPSA) is 82.2 Å². The normalized spacial score (nSPS) is 15.3. The smallest absolute Gasteiger partial charge is 0.230 e. The molecule has 0 unspecified atom stereocenters. The van der Waals surface area contributed by atoms with E-state index in [1.54, 1.807) is 13.4 Å². The summed E-state index contributed by atoms with van der Waals surface area (Å²) in [6.07, 6.45) is 8.39. The highest BCUT2D eigenvalue weighted by atomic mass is 32.2. The second-order valence-electron chi connectivity index (χ2n) is 6.43. The molecule has 2 heterocycles. The fraction of sp³-hybridized carbons (Fsp3) is 0.611. The first-order chi connectivity index (χ1) is 12.8. The van der Waals surface area contributed by atoms with Crippen molar-refractivity contribution in [2.45, 2.75) is 49.7 Å². The van der Waals surface area contributed by atoms with Crippen molar-refractivity contribution in [2.24, 2.45) is 0 Å². The van der Waals surface area contributed by atoms with Crippen molar-refractivity contribution in [3.05, 3.63) is 18.4 Å². The number of thioether (sulfide) groups is 1. The summed E-state index contributed by atoms with van der Waals surface area (Å²) in [7, 11) is 1.66. The van der Waals surface area contributed by atoms with Crippen molar-refractivity contribution in [1.29, 1.82) is 0 Å². The predicted octanol–water partition coefficient (Wildman–Crippen LogP) is 3.29. The average Bonchev–Trinajstić information content (AvgIpc) is 3.33. The van der Waals surface area contributed by atoms with Crippen LogP contribution in [0.3, 0.4) is 0 Å². The SMILES string of the molecule is COCCCNC(=O)CSc1nnc(-c2ccco2)n1C1CCCCC1. The van der Waals surface area contributed by atoms with Crippen LogP contribution in [-0.4, -0.2) is 46.7 Å². The van der Waals surface area contributed by atoms with Gasteiger partial charge in [0.1, 0.15) is 0 Å². The van der Waals surface area contributed by atoms with Gasteiger partial charge in [0.2, 0.25) is 11.7 Å². The Morgan fingerprint density at radius 1 is 1.38 bits per heavy atom. The van der Waals surface area contributed by atoms with Crippen LogP contribution < -0.4 is 5.32 Å². The Bertz CT molecular complexity index is 681. The maximum Gasteiger partial charge on any atom is 0.230 e. The highest BCUT2D eigenvalue weighted by molar-refractivity contribution is 7.99. The minimum atomic E-state index is 0.00356. The maximum absolute atomic E-state index is 12.1. The molecule has 3 rings (SSSR count). The minimum absolute atomic E-state index is 0.00356. The molecule has 1 saturated carbocycles. The second kappa shape index (κ2) is 9.78. The van der Waals surface area contributed by atoms with Crippen molar-refractivity contribution in [2.75, 3.05) is 26.0 Å².